The van der Waals surface area contributed by atoms with Crippen LogP contribution in [-0.4, -0.2) is 95.6 Å². The molecule has 3 aromatic rings. The highest BCUT2D eigenvalue weighted by atomic mass is 35.5. The minimum atomic E-state index is -0.299. The zero-order valence-corrected chi connectivity index (χ0v) is 24.9. The molecule has 2 amide bonds. The van der Waals surface area contributed by atoms with E-state index in [1.165, 1.54) is 12.1 Å². The second-order valence-corrected chi connectivity index (χ2v) is 10.7. The summed E-state index contributed by atoms with van der Waals surface area (Å²) in [4.78, 5) is 34.7. The maximum atomic E-state index is 13.5. The van der Waals surface area contributed by atoms with Crippen LogP contribution in [0.2, 0.25) is 10.0 Å². The number of hydrogen-bond acceptors (Lipinski definition) is 6. The Hall–Kier alpha value is -3.27. The van der Waals surface area contributed by atoms with E-state index in [4.69, 9.17) is 23.2 Å². The molecule has 0 unspecified atom stereocenters. The van der Waals surface area contributed by atoms with Crippen molar-refractivity contribution in [2.45, 2.75) is 20.3 Å². The molecule has 0 spiro atoms. The summed E-state index contributed by atoms with van der Waals surface area (Å²) in [6, 6.07) is 14.7. The molecule has 4 rings (SSSR count). The smallest absolute Gasteiger partial charge is 0.255 e. The van der Waals surface area contributed by atoms with Gasteiger partial charge in [-0.05, 0) is 74.1 Å². The summed E-state index contributed by atoms with van der Waals surface area (Å²) in [5.74, 6) is 0.0217. The average Bonchev–Trinajstić information content (AvgIpc) is 3.24. The quantitative estimate of drug-likeness (QED) is 0.322. The normalized spacial score (nSPS) is 13.8. The highest BCUT2D eigenvalue weighted by Gasteiger charge is 2.26. The van der Waals surface area contributed by atoms with E-state index in [0.29, 0.717) is 49.0 Å². The lowest BCUT2D eigenvalue weighted by atomic mass is 10.1. The topological polar surface area (TPSA) is 72.9 Å². The molecule has 0 N–H and O–H groups in total. The molecule has 41 heavy (non-hydrogen) atoms. The van der Waals surface area contributed by atoms with E-state index in [2.05, 4.69) is 33.8 Å². The molecule has 2 aromatic carbocycles. The monoisotopic (exact) mass is 600 g/mol. The predicted molar refractivity (Wildman–Crippen MR) is 161 cm³/mol. The van der Waals surface area contributed by atoms with Gasteiger partial charge in [0.25, 0.3) is 5.91 Å². The lowest BCUT2D eigenvalue weighted by Crippen LogP contribution is -2.46. The van der Waals surface area contributed by atoms with Crippen molar-refractivity contribution in [1.82, 2.24) is 24.9 Å². The molecule has 0 saturated carbocycles. The summed E-state index contributed by atoms with van der Waals surface area (Å²) >= 11 is 12.4. The van der Waals surface area contributed by atoms with Crippen LogP contribution in [0.5, 0.6) is 0 Å². The fourth-order valence-corrected chi connectivity index (χ4v) is 5.30. The average molecular weight is 602 g/mol. The van der Waals surface area contributed by atoms with Crippen LogP contribution in [0.4, 0.5) is 10.2 Å². The third kappa shape index (κ3) is 8.15. The maximum Gasteiger partial charge on any atom is 0.255 e. The standard InChI is InChI=1S/C30H35Cl2FN6O2/c1-3-36(4-2)16-17-39(30(41)25-11-8-23(31)20-26(25)32)21-29(40)38-15-5-14-37(18-19-38)28-13-12-27(34-35-28)22-6-9-24(33)10-7-22/h6-13,20H,3-5,14-19,21H2,1-2H3. The molecule has 8 nitrogen and oxygen atoms in total. The van der Waals surface area contributed by atoms with Crippen molar-refractivity contribution in [2.24, 2.45) is 0 Å². The number of carbonyl (C=O) groups excluding carboxylic acids is 2. The van der Waals surface area contributed by atoms with Crippen LogP contribution in [0.3, 0.4) is 0 Å². The van der Waals surface area contributed by atoms with Crippen LogP contribution in [0.25, 0.3) is 11.3 Å². The maximum absolute atomic E-state index is 13.5. The number of aromatic nitrogens is 2. The van der Waals surface area contributed by atoms with E-state index in [9.17, 15) is 14.0 Å². The molecular formula is C30H35Cl2FN6O2. The molecular weight excluding hydrogens is 566 g/mol. The van der Waals surface area contributed by atoms with Gasteiger partial charge < -0.3 is 19.6 Å². The second kappa shape index (κ2) is 14.6. The van der Waals surface area contributed by atoms with Gasteiger partial charge in [0, 0.05) is 49.9 Å². The first-order valence-corrected chi connectivity index (χ1v) is 14.6. The summed E-state index contributed by atoms with van der Waals surface area (Å²) in [5, 5.41) is 9.42. The van der Waals surface area contributed by atoms with Gasteiger partial charge in [-0.3, -0.25) is 9.59 Å². The summed E-state index contributed by atoms with van der Waals surface area (Å²) in [6.45, 7) is 9.25. The van der Waals surface area contributed by atoms with Crippen molar-refractivity contribution >= 4 is 40.8 Å². The molecule has 0 atom stereocenters. The molecule has 2 heterocycles. The van der Waals surface area contributed by atoms with Crippen LogP contribution in [0.15, 0.2) is 54.6 Å². The van der Waals surface area contributed by atoms with Crippen molar-refractivity contribution in [3.05, 3.63) is 76.0 Å². The van der Waals surface area contributed by atoms with Crippen molar-refractivity contribution in [1.29, 1.82) is 0 Å². The zero-order chi connectivity index (χ0) is 29.4. The van der Waals surface area contributed by atoms with Gasteiger partial charge >= 0.3 is 0 Å². The molecule has 1 aliphatic heterocycles. The molecule has 0 radical (unpaired) electrons. The Bertz CT molecular complexity index is 1320. The van der Waals surface area contributed by atoms with Crippen molar-refractivity contribution in [3.8, 4) is 11.3 Å². The van der Waals surface area contributed by atoms with Crippen LogP contribution < -0.4 is 4.90 Å². The highest BCUT2D eigenvalue weighted by Crippen LogP contribution is 2.23. The Morgan fingerprint density at radius 2 is 1.66 bits per heavy atom. The number of carbonyl (C=O) groups is 2. The molecule has 1 aromatic heterocycles. The molecule has 11 heteroatoms. The summed E-state index contributed by atoms with van der Waals surface area (Å²) in [6.07, 6.45) is 0.754. The van der Waals surface area contributed by atoms with Crippen LogP contribution in [-0.2, 0) is 4.79 Å². The first-order valence-electron chi connectivity index (χ1n) is 13.9. The Labute approximate surface area is 250 Å². The number of benzene rings is 2. The molecule has 1 fully saturated rings. The van der Waals surface area contributed by atoms with Gasteiger partial charge in [-0.25, -0.2) is 4.39 Å². The molecule has 1 saturated heterocycles. The van der Waals surface area contributed by atoms with Gasteiger partial charge in [-0.2, -0.15) is 0 Å². The Morgan fingerprint density at radius 3 is 2.32 bits per heavy atom. The number of rotatable bonds is 10. The van der Waals surface area contributed by atoms with Crippen LogP contribution in [0, 0.1) is 5.82 Å². The highest BCUT2D eigenvalue weighted by molar-refractivity contribution is 6.36. The van der Waals surface area contributed by atoms with E-state index < -0.39 is 0 Å². The Balaban J connectivity index is 1.41. The van der Waals surface area contributed by atoms with Gasteiger partial charge in [0.05, 0.1) is 16.3 Å². The minimum absolute atomic E-state index is 0.0365. The third-order valence-electron chi connectivity index (χ3n) is 7.32. The predicted octanol–water partition coefficient (Wildman–Crippen LogP) is 5.11. The lowest BCUT2D eigenvalue weighted by molar-refractivity contribution is -0.131. The van der Waals surface area contributed by atoms with Gasteiger partial charge in [0.15, 0.2) is 5.82 Å². The summed E-state index contributed by atoms with van der Waals surface area (Å²) in [7, 11) is 0. The Morgan fingerprint density at radius 1 is 0.902 bits per heavy atom. The summed E-state index contributed by atoms with van der Waals surface area (Å²) in [5.41, 5.74) is 1.78. The number of hydrogen-bond donors (Lipinski definition) is 0. The number of amides is 2. The van der Waals surface area contributed by atoms with E-state index in [0.717, 1.165) is 37.4 Å². The van der Waals surface area contributed by atoms with Gasteiger partial charge in [-0.1, -0.05) is 37.0 Å². The van der Waals surface area contributed by atoms with Crippen LogP contribution >= 0.6 is 23.2 Å². The fourth-order valence-electron chi connectivity index (χ4n) is 4.82. The lowest BCUT2D eigenvalue weighted by Gasteiger charge is -2.29. The SMILES string of the molecule is CCN(CC)CCN(CC(=O)N1CCCN(c2ccc(-c3ccc(F)cc3)nn2)CC1)C(=O)c1ccc(Cl)cc1Cl. The fraction of sp³-hybridized carbons (Fsp3) is 0.400. The second-order valence-electron chi connectivity index (χ2n) is 9.88. The molecule has 218 valence electrons. The van der Waals surface area contributed by atoms with Gasteiger partial charge in [-0.15, -0.1) is 10.2 Å². The summed E-state index contributed by atoms with van der Waals surface area (Å²) < 4.78 is 13.3. The van der Waals surface area contributed by atoms with Gasteiger partial charge in [0.1, 0.15) is 12.4 Å². The van der Waals surface area contributed by atoms with Crippen molar-refractivity contribution in [3.63, 3.8) is 0 Å². The van der Waals surface area contributed by atoms with Crippen molar-refractivity contribution < 1.29 is 14.0 Å². The van der Waals surface area contributed by atoms with Crippen molar-refractivity contribution in [2.75, 3.05) is 63.8 Å². The zero-order valence-electron chi connectivity index (χ0n) is 23.4. The number of likely N-dealkylation sites (N-methyl/N-ethyl adjacent to an activating group) is 1. The van der Waals surface area contributed by atoms with E-state index in [1.54, 1.807) is 35.2 Å². The minimum Gasteiger partial charge on any atom is -0.353 e. The third-order valence-corrected chi connectivity index (χ3v) is 7.87. The van der Waals surface area contributed by atoms with E-state index >= 15 is 0 Å². The number of nitrogens with zero attached hydrogens (tertiary/aromatic N) is 6. The van der Waals surface area contributed by atoms with E-state index in [1.807, 2.05) is 17.0 Å². The largest absolute Gasteiger partial charge is 0.353 e. The molecule has 0 bridgehead atoms. The first-order chi connectivity index (χ1) is 19.8. The Kier molecular flexibility index (Phi) is 10.9. The molecule has 0 aliphatic carbocycles. The van der Waals surface area contributed by atoms with Gasteiger partial charge in [0.2, 0.25) is 5.91 Å². The number of anilines is 1. The molecule has 1 aliphatic rings. The first kappa shape index (κ1) is 30.7. The van der Waals surface area contributed by atoms with E-state index in [-0.39, 0.29) is 29.2 Å². The number of halogens is 3. The van der Waals surface area contributed by atoms with Crippen LogP contribution in [0.1, 0.15) is 30.6 Å².